The Kier molecular flexibility index (Phi) is 3.77. The molecule has 1 aromatic carbocycles. The summed E-state index contributed by atoms with van der Waals surface area (Å²) in [7, 11) is 0. The number of hydrogen-bond donors (Lipinski definition) is 0. The zero-order valence-electron chi connectivity index (χ0n) is 10.4. The van der Waals surface area contributed by atoms with Crippen molar-refractivity contribution in [3.8, 4) is 0 Å². The van der Waals surface area contributed by atoms with Gasteiger partial charge in [-0.3, -0.25) is 4.79 Å². The Morgan fingerprint density at radius 2 is 2.22 bits per heavy atom. The summed E-state index contributed by atoms with van der Waals surface area (Å²) in [6.45, 7) is 4.57. The monoisotopic (exact) mass is 263 g/mol. The number of halogens is 1. The van der Waals surface area contributed by atoms with E-state index in [9.17, 15) is 4.79 Å². The summed E-state index contributed by atoms with van der Waals surface area (Å²) in [5, 5.41) is 4.62. The Labute approximate surface area is 111 Å². The van der Waals surface area contributed by atoms with Gasteiger partial charge in [0.15, 0.2) is 5.78 Å². The molecule has 0 aliphatic heterocycles. The van der Waals surface area contributed by atoms with Gasteiger partial charge in [0.25, 0.3) is 0 Å². The number of benzene rings is 1. The van der Waals surface area contributed by atoms with Gasteiger partial charge in [-0.25, -0.2) is 9.67 Å². The highest BCUT2D eigenvalue weighted by atomic mass is 35.5. The predicted octanol–water partition coefficient (Wildman–Crippen LogP) is 2.69. The van der Waals surface area contributed by atoms with Gasteiger partial charge in [-0.15, -0.1) is 0 Å². The molecule has 0 radical (unpaired) electrons. The highest BCUT2D eigenvalue weighted by molar-refractivity contribution is 6.31. The van der Waals surface area contributed by atoms with Crippen LogP contribution in [0.15, 0.2) is 24.5 Å². The van der Waals surface area contributed by atoms with Gasteiger partial charge in [0.1, 0.15) is 12.2 Å². The molecule has 94 valence electrons. The fourth-order valence-electron chi connectivity index (χ4n) is 1.82. The Hall–Kier alpha value is -1.68. The Morgan fingerprint density at radius 3 is 2.94 bits per heavy atom. The number of nitrogens with zero attached hydrogens (tertiary/aromatic N) is 3. The van der Waals surface area contributed by atoms with Crippen molar-refractivity contribution >= 4 is 17.4 Å². The molecule has 1 heterocycles. The van der Waals surface area contributed by atoms with Crippen LogP contribution in [-0.2, 0) is 13.0 Å². The van der Waals surface area contributed by atoms with E-state index in [1.54, 1.807) is 16.8 Å². The van der Waals surface area contributed by atoms with E-state index < -0.39 is 0 Å². The van der Waals surface area contributed by atoms with Crippen molar-refractivity contribution < 1.29 is 4.79 Å². The number of Topliss-reactive ketones (excluding diaryl/α,β-unsaturated/α-hetero) is 1. The maximum absolute atomic E-state index is 12.2. The fraction of sp³-hybridized carbons (Fsp3) is 0.308. The summed E-state index contributed by atoms with van der Waals surface area (Å²) < 4.78 is 1.72. The summed E-state index contributed by atoms with van der Waals surface area (Å²) in [5.74, 6) is 0.694. The molecule has 0 spiro atoms. The molecule has 0 saturated heterocycles. The maximum Gasteiger partial charge on any atom is 0.170 e. The summed E-state index contributed by atoms with van der Waals surface area (Å²) in [6, 6.07) is 5.33. The third-order valence-corrected chi connectivity index (χ3v) is 3.05. The van der Waals surface area contributed by atoms with E-state index in [1.165, 1.54) is 6.33 Å². The van der Waals surface area contributed by atoms with E-state index >= 15 is 0 Å². The van der Waals surface area contributed by atoms with Crippen LogP contribution >= 0.6 is 11.6 Å². The van der Waals surface area contributed by atoms with Crippen molar-refractivity contribution in [3.05, 3.63) is 46.5 Å². The van der Waals surface area contributed by atoms with Crippen molar-refractivity contribution in [3.63, 3.8) is 0 Å². The van der Waals surface area contributed by atoms with Crippen molar-refractivity contribution in [2.24, 2.45) is 0 Å². The first-order valence-electron chi connectivity index (χ1n) is 5.78. The molecule has 18 heavy (non-hydrogen) atoms. The van der Waals surface area contributed by atoms with Gasteiger partial charge in [0.05, 0.1) is 6.42 Å². The van der Waals surface area contributed by atoms with E-state index in [1.807, 2.05) is 19.9 Å². The lowest BCUT2D eigenvalue weighted by Gasteiger charge is -2.06. The van der Waals surface area contributed by atoms with Gasteiger partial charge in [-0.1, -0.05) is 17.7 Å². The van der Waals surface area contributed by atoms with Crippen LogP contribution in [0.3, 0.4) is 0 Å². The second-order valence-corrected chi connectivity index (χ2v) is 4.49. The molecular formula is C13H14ClN3O. The molecule has 0 atom stereocenters. The van der Waals surface area contributed by atoms with Gasteiger partial charge in [0, 0.05) is 17.1 Å². The number of ketones is 1. The normalized spacial score (nSPS) is 10.6. The van der Waals surface area contributed by atoms with Crippen LogP contribution in [0.4, 0.5) is 0 Å². The van der Waals surface area contributed by atoms with E-state index in [0.717, 1.165) is 5.56 Å². The number of hydrogen-bond acceptors (Lipinski definition) is 3. The lowest BCUT2D eigenvalue weighted by molar-refractivity contribution is 0.0989. The molecule has 0 saturated carbocycles. The van der Waals surface area contributed by atoms with Gasteiger partial charge in [0.2, 0.25) is 0 Å². The zero-order chi connectivity index (χ0) is 13.1. The number of carbonyl (C=O) groups excluding carboxylic acids is 1. The molecule has 0 bridgehead atoms. The van der Waals surface area contributed by atoms with Crippen LogP contribution in [0.25, 0.3) is 0 Å². The van der Waals surface area contributed by atoms with E-state index in [0.29, 0.717) is 23.0 Å². The van der Waals surface area contributed by atoms with Crippen molar-refractivity contribution in [2.75, 3.05) is 0 Å². The first-order valence-corrected chi connectivity index (χ1v) is 6.15. The lowest BCUT2D eigenvalue weighted by atomic mass is 10.0. The molecule has 1 aromatic heterocycles. The van der Waals surface area contributed by atoms with E-state index in [-0.39, 0.29) is 12.2 Å². The average Bonchev–Trinajstić information content (AvgIpc) is 2.79. The third kappa shape index (κ3) is 2.59. The molecule has 0 unspecified atom stereocenters. The topological polar surface area (TPSA) is 47.8 Å². The predicted molar refractivity (Wildman–Crippen MR) is 69.9 cm³/mol. The second-order valence-electron chi connectivity index (χ2n) is 4.05. The van der Waals surface area contributed by atoms with Crippen molar-refractivity contribution in [2.45, 2.75) is 26.8 Å². The lowest BCUT2D eigenvalue weighted by Crippen LogP contribution is -2.11. The van der Waals surface area contributed by atoms with Crippen LogP contribution in [0.5, 0.6) is 0 Å². The molecule has 0 aliphatic carbocycles. The maximum atomic E-state index is 12.2. The smallest absolute Gasteiger partial charge is 0.170 e. The van der Waals surface area contributed by atoms with Crippen LogP contribution in [0, 0.1) is 6.92 Å². The first-order chi connectivity index (χ1) is 8.61. The van der Waals surface area contributed by atoms with Crippen LogP contribution in [0.1, 0.15) is 28.7 Å². The van der Waals surface area contributed by atoms with Crippen molar-refractivity contribution in [1.82, 2.24) is 14.8 Å². The fourth-order valence-corrected chi connectivity index (χ4v) is 1.99. The standard InChI is InChI=1S/C13H14ClN3O/c1-3-17-13(15-8-16-17)7-12(18)11-6-10(14)5-4-9(11)2/h4-6,8H,3,7H2,1-2H3. The Balaban J connectivity index is 2.25. The molecule has 4 nitrogen and oxygen atoms in total. The minimum Gasteiger partial charge on any atom is -0.294 e. The minimum absolute atomic E-state index is 0.0118. The zero-order valence-corrected chi connectivity index (χ0v) is 11.1. The number of rotatable bonds is 4. The molecule has 0 aliphatic rings. The summed E-state index contributed by atoms with van der Waals surface area (Å²) >= 11 is 5.92. The first kappa shape index (κ1) is 12.8. The summed E-state index contributed by atoms with van der Waals surface area (Å²) in [6.07, 6.45) is 1.71. The third-order valence-electron chi connectivity index (χ3n) is 2.81. The quantitative estimate of drug-likeness (QED) is 0.797. The van der Waals surface area contributed by atoms with E-state index in [4.69, 9.17) is 11.6 Å². The molecule has 2 rings (SSSR count). The second kappa shape index (κ2) is 5.31. The largest absolute Gasteiger partial charge is 0.294 e. The molecule has 0 amide bonds. The summed E-state index contributed by atoms with van der Waals surface area (Å²) in [4.78, 5) is 16.3. The molecule has 0 N–H and O–H groups in total. The highest BCUT2D eigenvalue weighted by Gasteiger charge is 2.14. The van der Waals surface area contributed by atoms with Crippen LogP contribution < -0.4 is 0 Å². The Morgan fingerprint density at radius 1 is 1.44 bits per heavy atom. The van der Waals surface area contributed by atoms with Crippen LogP contribution in [0.2, 0.25) is 5.02 Å². The van der Waals surface area contributed by atoms with Gasteiger partial charge in [-0.2, -0.15) is 5.10 Å². The number of carbonyl (C=O) groups is 1. The average molecular weight is 264 g/mol. The van der Waals surface area contributed by atoms with Gasteiger partial charge < -0.3 is 0 Å². The minimum atomic E-state index is 0.0118. The molecule has 5 heteroatoms. The van der Waals surface area contributed by atoms with Crippen LogP contribution in [-0.4, -0.2) is 20.5 Å². The number of aromatic nitrogens is 3. The van der Waals surface area contributed by atoms with E-state index in [2.05, 4.69) is 10.1 Å². The highest BCUT2D eigenvalue weighted by Crippen LogP contribution is 2.17. The van der Waals surface area contributed by atoms with Gasteiger partial charge in [-0.05, 0) is 31.5 Å². The SMILES string of the molecule is CCn1ncnc1CC(=O)c1cc(Cl)ccc1C. The van der Waals surface area contributed by atoms with Crippen molar-refractivity contribution in [1.29, 1.82) is 0 Å². The summed E-state index contributed by atoms with van der Waals surface area (Å²) in [5.41, 5.74) is 1.57. The molecular weight excluding hydrogens is 250 g/mol. The number of aryl methyl sites for hydroxylation is 2. The molecule has 2 aromatic rings. The molecule has 0 fully saturated rings. The Bertz CT molecular complexity index is 577. The van der Waals surface area contributed by atoms with Gasteiger partial charge >= 0.3 is 0 Å².